The summed E-state index contributed by atoms with van der Waals surface area (Å²) in [5.74, 6) is -1.97. The summed E-state index contributed by atoms with van der Waals surface area (Å²) < 4.78 is 54.2. The highest BCUT2D eigenvalue weighted by Gasteiger charge is 2.35. The van der Waals surface area contributed by atoms with Crippen molar-refractivity contribution in [2.75, 3.05) is 20.1 Å². The first-order valence-electron chi connectivity index (χ1n) is 10.3. The molecule has 1 atom stereocenters. The maximum absolute atomic E-state index is 14.1. The first kappa shape index (κ1) is 22.9. The average Bonchev–Trinajstić information content (AvgIpc) is 2.79. The van der Waals surface area contributed by atoms with Crippen LogP contribution in [-0.2, 0) is 21.2 Å². The van der Waals surface area contributed by atoms with Crippen molar-refractivity contribution >= 4 is 15.9 Å². The van der Waals surface area contributed by atoms with Crippen molar-refractivity contribution in [1.29, 1.82) is 0 Å². The maximum atomic E-state index is 14.1. The van der Waals surface area contributed by atoms with Crippen LogP contribution in [0.3, 0.4) is 0 Å². The topological polar surface area (TPSA) is 77.9 Å². The number of carbonyl (C=O) groups excluding carboxylic acids is 1. The van der Waals surface area contributed by atoms with E-state index in [0.29, 0.717) is 6.42 Å². The number of phenolic OH excluding ortho intramolecular Hbond substituents is 1. The summed E-state index contributed by atoms with van der Waals surface area (Å²) in [6.07, 6.45) is 0.523. The Hall–Kier alpha value is -3.30. The van der Waals surface area contributed by atoms with Gasteiger partial charge >= 0.3 is 0 Å². The molecule has 3 aromatic carbocycles. The van der Waals surface area contributed by atoms with Crippen molar-refractivity contribution in [1.82, 2.24) is 9.21 Å². The molecule has 1 aliphatic heterocycles. The van der Waals surface area contributed by atoms with E-state index in [1.807, 2.05) is 12.1 Å². The zero-order chi connectivity index (χ0) is 23.8. The molecule has 4 rings (SSSR count). The summed E-state index contributed by atoms with van der Waals surface area (Å²) in [6.45, 7) is -0.252. The predicted molar refractivity (Wildman–Crippen MR) is 118 cm³/mol. The van der Waals surface area contributed by atoms with Crippen molar-refractivity contribution < 1.29 is 27.1 Å². The molecule has 9 heteroatoms. The number of amides is 1. The van der Waals surface area contributed by atoms with Crippen LogP contribution in [0.15, 0.2) is 71.6 Å². The predicted octanol–water partition coefficient (Wildman–Crippen LogP) is 3.47. The van der Waals surface area contributed by atoms with Gasteiger partial charge in [0, 0.05) is 19.2 Å². The number of fused-ring (bicyclic) bond motifs is 1. The second kappa shape index (κ2) is 8.92. The lowest BCUT2D eigenvalue weighted by Crippen LogP contribution is -2.46. The number of hydrogen-bond donors (Lipinski definition) is 1. The van der Waals surface area contributed by atoms with Gasteiger partial charge in [0.2, 0.25) is 15.9 Å². The molecule has 1 N–H and O–H groups in total. The number of halogens is 2. The van der Waals surface area contributed by atoms with Crippen molar-refractivity contribution in [3.63, 3.8) is 0 Å². The van der Waals surface area contributed by atoms with E-state index in [0.717, 1.165) is 33.6 Å². The Balaban J connectivity index is 1.68. The SMILES string of the molecule is CN(CC(=O)N1CCc2ccccc2C1c1cc(F)ccc1O)S(=O)(=O)c1cccc(F)c1. The molecule has 6 nitrogen and oxygen atoms in total. The number of phenols is 1. The summed E-state index contributed by atoms with van der Waals surface area (Å²) in [5, 5.41) is 10.5. The van der Waals surface area contributed by atoms with Gasteiger partial charge in [-0.1, -0.05) is 30.3 Å². The highest BCUT2D eigenvalue weighted by molar-refractivity contribution is 7.89. The number of rotatable bonds is 5. The fraction of sp³-hybridized carbons (Fsp3) is 0.208. The molecule has 0 bridgehead atoms. The van der Waals surface area contributed by atoms with E-state index in [2.05, 4.69) is 0 Å². The van der Waals surface area contributed by atoms with Crippen LogP contribution in [0, 0.1) is 11.6 Å². The zero-order valence-electron chi connectivity index (χ0n) is 17.8. The van der Waals surface area contributed by atoms with E-state index >= 15 is 0 Å². The fourth-order valence-electron chi connectivity index (χ4n) is 4.09. The molecule has 0 saturated carbocycles. The third-order valence-electron chi connectivity index (χ3n) is 5.75. The van der Waals surface area contributed by atoms with Crippen LogP contribution in [0.4, 0.5) is 8.78 Å². The molecule has 1 aliphatic rings. The van der Waals surface area contributed by atoms with Crippen molar-refractivity contribution in [2.45, 2.75) is 17.4 Å². The van der Waals surface area contributed by atoms with Gasteiger partial charge in [0.05, 0.1) is 17.5 Å². The Morgan fingerprint density at radius 1 is 1.03 bits per heavy atom. The summed E-state index contributed by atoms with van der Waals surface area (Å²) >= 11 is 0. The number of benzene rings is 3. The summed E-state index contributed by atoms with van der Waals surface area (Å²) in [7, 11) is -2.88. The van der Waals surface area contributed by atoms with Crippen LogP contribution < -0.4 is 0 Å². The minimum atomic E-state index is -4.12. The molecule has 1 amide bonds. The van der Waals surface area contributed by atoms with E-state index in [1.165, 1.54) is 36.2 Å². The molecule has 0 aromatic heterocycles. The molecule has 3 aromatic rings. The minimum absolute atomic E-state index is 0.170. The summed E-state index contributed by atoms with van der Waals surface area (Å²) in [4.78, 5) is 14.5. The highest BCUT2D eigenvalue weighted by Crippen LogP contribution is 2.39. The minimum Gasteiger partial charge on any atom is -0.508 e. The standard InChI is InChI=1S/C24H22F2N2O4S/c1-27(33(31,32)19-7-4-6-17(25)13-19)15-23(30)28-12-11-16-5-2-3-8-20(16)24(28)21-14-18(26)9-10-22(21)29/h2-10,13-14,24,29H,11-12,15H2,1H3. The lowest BCUT2D eigenvalue weighted by atomic mass is 9.87. The van der Waals surface area contributed by atoms with Gasteiger partial charge in [0.1, 0.15) is 17.4 Å². The Morgan fingerprint density at radius 2 is 1.76 bits per heavy atom. The number of sulfonamides is 1. The molecule has 172 valence electrons. The van der Waals surface area contributed by atoms with E-state index in [-0.39, 0.29) is 22.8 Å². The molecule has 0 fully saturated rings. The molecule has 0 spiro atoms. The highest BCUT2D eigenvalue weighted by atomic mass is 32.2. The van der Waals surface area contributed by atoms with Crippen LogP contribution in [0.1, 0.15) is 22.7 Å². The molecule has 0 saturated heterocycles. The largest absolute Gasteiger partial charge is 0.508 e. The second-order valence-electron chi connectivity index (χ2n) is 7.86. The molecular weight excluding hydrogens is 450 g/mol. The number of carbonyl (C=O) groups is 1. The Labute approximate surface area is 190 Å². The summed E-state index contributed by atoms with van der Waals surface area (Å²) in [5.41, 5.74) is 1.90. The van der Waals surface area contributed by atoms with E-state index in [1.54, 1.807) is 12.1 Å². The number of hydrogen-bond acceptors (Lipinski definition) is 4. The molecule has 1 heterocycles. The van der Waals surface area contributed by atoms with Gasteiger partial charge in [-0.3, -0.25) is 4.79 Å². The quantitative estimate of drug-likeness (QED) is 0.617. The molecule has 1 unspecified atom stereocenters. The van der Waals surface area contributed by atoms with Crippen LogP contribution in [0.5, 0.6) is 5.75 Å². The van der Waals surface area contributed by atoms with Crippen LogP contribution in [-0.4, -0.2) is 48.8 Å². The van der Waals surface area contributed by atoms with Crippen LogP contribution in [0.25, 0.3) is 0 Å². The average molecular weight is 473 g/mol. The molecule has 0 aliphatic carbocycles. The van der Waals surface area contributed by atoms with Gasteiger partial charge in [-0.05, 0) is 53.9 Å². The van der Waals surface area contributed by atoms with E-state index < -0.39 is 40.2 Å². The number of aromatic hydroxyl groups is 1. The number of nitrogens with zero attached hydrogens (tertiary/aromatic N) is 2. The molecular formula is C24H22F2N2O4S. The Bertz CT molecular complexity index is 1310. The first-order valence-corrected chi connectivity index (χ1v) is 11.7. The lowest BCUT2D eigenvalue weighted by molar-refractivity contribution is -0.133. The first-order chi connectivity index (χ1) is 15.7. The van der Waals surface area contributed by atoms with Gasteiger partial charge in [0.15, 0.2) is 0 Å². The smallest absolute Gasteiger partial charge is 0.243 e. The zero-order valence-corrected chi connectivity index (χ0v) is 18.6. The maximum Gasteiger partial charge on any atom is 0.243 e. The van der Waals surface area contributed by atoms with E-state index in [9.17, 15) is 27.1 Å². The Morgan fingerprint density at radius 3 is 2.52 bits per heavy atom. The van der Waals surface area contributed by atoms with Gasteiger partial charge in [0.25, 0.3) is 0 Å². The third kappa shape index (κ3) is 4.46. The number of likely N-dealkylation sites (N-methyl/N-ethyl adjacent to an activating group) is 1. The van der Waals surface area contributed by atoms with Gasteiger partial charge in [-0.25, -0.2) is 17.2 Å². The van der Waals surface area contributed by atoms with Crippen LogP contribution >= 0.6 is 0 Å². The second-order valence-corrected chi connectivity index (χ2v) is 9.90. The normalized spacial score (nSPS) is 16.0. The van der Waals surface area contributed by atoms with Crippen LogP contribution in [0.2, 0.25) is 0 Å². The third-order valence-corrected chi connectivity index (χ3v) is 7.55. The monoisotopic (exact) mass is 472 g/mol. The van der Waals surface area contributed by atoms with Gasteiger partial charge in [-0.15, -0.1) is 0 Å². The van der Waals surface area contributed by atoms with Crippen molar-refractivity contribution in [2.24, 2.45) is 0 Å². The van der Waals surface area contributed by atoms with Crippen molar-refractivity contribution in [3.05, 3.63) is 95.1 Å². The fourth-order valence-corrected chi connectivity index (χ4v) is 5.24. The molecule has 0 radical (unpaired) electrons. The van der Waals surface area contributed by atoms with Crippen molar-refractivity contribution in [3.8, 4) is 5.75 Å². The summed E-state index contributed by atoms with van der Waals surface area (Å²) in [6, 6.07) is 14.6. The van der Waals surface area contributed by atoms with E-state index in [4.69, 9.17) is 0 Å². The Kier molecular flexibility index (Phi) is 6.18. The molecule has 33 heavy (non-hydrogen) atoms. The van der Waals surface area contributed by atoms with Gasteiger partial charge < -0.3 is 10.0 Å². The lowest BCUT2D eigenvalue weighted by Gasteiger charge is -2.38. The van der Waals surface area contributed by atoms with Gasteiger partial charge in [-0.2, -0.15) is 4.31 Å².